The highest BCUT2D eigenvalue weighted by Gasteiger charge is 2.28. The Morgan fingerprint density at radius 3 is 2.55 bits per heavy atom. The minimum atomic E-state index is -0.361. The topological polar surface area (TPSA) is 71.1 Å². The first-order valence-electron chi connectivity index (χ1n) is 10.7. The Balaban J connectivity index is 1.37. The summed E-state index contributed by atoms with van der Waals surface area (Å²) in [4.78, 5) is 30.8. The third-order valence-electron chi connectivity index (χ3n) is 5.98. The number of amides is 1. The van der Waals surface area contributed by atoms with Crippen LogP contribution in [0.5, 0.6) is 5.75 Å². The number of piperazine rings is 1. The molecule has 0 radical (unpaired) electrons. The molecule has 2 aliphatic rings. The number of benzene rings is 1. The summed E-state index contributed by atoms with van der Waals surface area (Å²) in [6.07, 6.45) is 4.03. The number of esters is 1. The van der Waals surface area contributed by atoms with Gasteiger partial charge in [-0.15, -0.1) is 11.3 Å². The Kier molecular flexibility index (Phi) is 6.77. The van der Waals surface area contributed by atoms with Gasteiger partial charge in [0, 0.05) is 31.1 Å². The van der Waals surface area contributed by atoms with Crippen LogP contribution in [0, 0.1) is 0 Å². The second kappa shape index (κ2) is 9.70. The first kappa shape index (κ1) is 21.6. The van der Waals surface area contributed by atoms with Crippen molar-refractivity contribution >= 4 is 33.9 Å². The van der Waals surface area contributed by atoms with E-state index in [1.54, 1.807) is 7.11 Å². The highest BCUT2D eigenvalue weighted by atomic mass is 32.1. The van der Waals surface area contributed by atoms with Gasteiger partial charge in [0.25, 0.3) is 0 Å². The molecule has 0 spiro atoms. The lowest BCUT2D eigenvalue weighted by molar-refractivity contribution is -0.117. The van der Waals surface area contributed by atoms with Gasteiger partial charge in [-0.05, 0) is 43.4 Å². The van der Waals surface area contributed by atoms with Crippen LogP contribution < -0.4 is 15.0 Å². The number of ether oxygens (including phenoxy) is 2. The van der Waals surface area contributed by atoms with Crippen molar-refractivity contribution in [1.82, 2.24) is 4.90 Å². The maximum atomic E-state index is 12.8. The van der Waals surface area contributed by atoms with Crippen molar-refractivity contribution in [3.05, 3.63) is 40.3 Å². The predicted molar refractivity (Wildman–Crippen MR) is 123 cm³/mol. The fraction of sp³-hybridized carbons (Fsp3) is 0.478. The van der Waals surface area contributed by atoms with Crippen LogP contribution in [0.2, 0.25) is 0 Å². The molecule has 8 heteroatoms. The zero-order chi connectivity index (χ0) is 21.8. The van der Waals surface area contributed by atoms with Gasteiger partial charge in [0.05, 0.1) is 32.0 Å². The van der Waals surface area contributed by atoms with Crippen LogP contribution in [0.4, 0.5) is 10.7 Å². The number of fused-ring (bicyclic) bond motifs is 1. The van der Waals surface area contributed by atoms with E-state index in [1.807, 2.05) is 18.2 Å². The number of aryl methyl sites for hydroxylation is 1. The summed E-state index contributed by atoms with van der Waals surface area (Å²) in [6.45, 7) is 3.54. The summed E-state index contributed by atoms with van der Waals surface area (Å²) < 4.78 is 10.5. The summed E-state index contributed by atoms with van der Waals surface area (Å²) in [6, 6.07) is 8.01. The summed E-state index contributed by atoms with van der Waals surface area (Å²) >= 11 is 1.52. The molecule has 7 nitrogen and oxygen atoms in total. The lowest BCUT2D eigenvalue weighted by atomic mass is 9.95. The molecule has 2 aromatic rings. The predicted octanol–water partition coefficient (Wildman–Crippen LogP) is 3.18. The highest BCUT2D eigenvalue weighted by Crippen LogP contribution is 2.38. The lowest BCUT2D eigenvalue weighted by Crippen LogP contribution is -2.48. The summed E-state index contributed by atoms with van der Waals surface area (Å²) in [7, 11) is 3.08. The summed E-state index contributed by atoms with van der Waals surface area (Å²) in [5, 5.41) is 3.63. The Morgan fingerprint density at radius 1 is 1.06 bits per heavy atom. The van der Waals surface area contributed by atoms with Crippen LogP contribution in [0.3, 0.4) is 0 Å². The van der Waals surface area contributed by atoms with Gasteiger partial charge in [-0.25, -0.2) is 4.79 Å². The third kappa shape index (κ3) is 4.70. The number of methoxy groups -OCH3 is 2. The van der Waals surface area contributed by atoms with Crippen LogP contribution in [0.25, 0.3) is 0 Å². The molecule has 166 valence electrons. The number of anilines is 2. The molecule has 31 heavy (non-hydrogen) atoms. The largest absolute Gasteiger partial charge is 0.495 e. The van der Waals surface area contributed by atoms with Crippen LogP contribution in [0.15, 0.2) is 24.3 Å². The van der Waals surface area contributed by atoms with E-state index in [0.717, 1.165) is 68.9 Å². The van der Waals surface area contributed by atoms with Crippen molar-refractivity contribution in [1.29, 1.82) is 0 Å². The maximum absolute atomic E-state index is 12.8. The van der Waals surface area contributed by atoms with E-state index >= 15 is 0 Å². The molecule has 0 bridgehead atoms. The minimum absolute atomic E-state index is 0.0884. The van der Waals surface area contributed by atoms with E-state index in [-0.39, 0.29) is 11.9 Å². The molecule has 1 N–H and O–H groups in total. The average molecular weight is 444 g/mol. The van der Waals surface area contributed by atoms with E-state index < -0.39 is 0 Å². The standard InChI is InChI=1S/C23H29N3O4S/c1-29-18-9-5-4-8-17(18)26-13-11-25(12-14-26)15-20(27)24-22-21(23(28)30-2)16-7-3-6-10-19(16)31-22/h4-5,8-9H,3,6-7,10-15H2,1-2H3,(H,24,27). The lowest BCUT2D eigenvalue weighted by Gasteiger charge is -2.36. The number of nitrogens with zero attached hydrogens (tertiary/aromatic N) is 2. The monoisotopic (exact) mass is 443 g/mol. The fourth-order valence-electron chi connectivity index (χ4n) is 4.38. The maximum Gasteiger partial charge on any atom is 0.341 e. The molecule has 4 rings (SSSR count). The molecular weight excluding hydrogens is 414 g/mol. The normalized spacial score (nSPS) is 16.5. The Labute approximate surface area is 186 Å². The van der Waals surface area contributed by atoms with Gasteiger partial charge in [-0.2, -0.15) is 0 Å². The van der Waals surface area contributed by atoms with Crippen molar-refractivity contribution in [3.63, 3.8) is 0 Å². The van der Waals surface area contributed by atoms with Crippen molar-refractivity contribution in [3.8, 4) is 5.75 Å². The molecule has 0 unspecified atom stereocenters. The molecule has 1 fully saturated rings. The SMILES string of the molecule is COC(=O)c1c(NC(=O)CN2CCN(c3ccccc3OC)CC2)sc2c1CCCC2. The van der Waals surface area contributed by atoms with E-state index in [2.05, 4.69) is 21.2 Å². The van der Waals surface area contributed by atoms with E-state index in [9.17, 15) is 9.59 Å². The van der Waals surface area contributed by atoms with Gasteiger partial charge in [-0.3, -0.25) is 9.69 Å². The van der Waals surface area contributed by atoms with Gasteiger partial charge >= 0.3 is 5.97 Å². The number of para-hydroxylation sites is 2. The molecule has 1 aliphatic heterocycles. The van der Waals surface area contributed by atoms with Crippen molar-refractivity contribution < 1.29 is 19.1 Å². The van der Waals surface area contributed by atoms with Crippen LogP contribution >= 0.6 is 11.3 Å². The number of rotatable bonds is 6. The first-order chi connectivity index (χ1) is 15.1. The smallest absolute Gasteiger partial charge is 0.341 e. The van der Waals surface area contributed by atoms with Crippen molar-refractivity contribution in [2.75, 3.05) is 57.2 Å². The van der Waals surface area contributed by atoms with E-state index in [4.69, 9.17) is 9.47 Å². The molecular formula is C23H29N3O4S. The third-order valence-corrected chi connectivity index (χ3v) is 7.19. The number of nitrogens with one attached hydrogen (secondary N) is 1. The number of hydrogen-bond acceptors (Lipinski definition) is 7. The molecule has 1 aliphatic carbocycles. The molecule has 1 saturated heterocycles. The zero-order valence-corrected chi connectivity index (χ0v) is 18.9. The summed E-state index contributed by atoms with van der Waals surface area (Å²) in [5.41, 5.74) is 2.70. The highest BCUT2D eigenvalue weighted by molar-refractivity contribution is 7.17. The Bertz CT molecular complexity index is 950. The molecule has 1 aromatic carbocycles. The second-order valence-electron chi connectivity index (χ2n) is 7.89. The number of carbonyl (C=O) groups excluding carboxylic acids is 2. The minimum Gasteiger partial charge on any atom is -0.495 e. The van der Waals surface area contributed by atoms with Gasteiger partial charge in [0.15, 0.2) is 0 Å². The van der Waals surface area contributed by atoms with E-state index in [1.165, 1.54) is 23.3 Å². The second-order valence-corrected chi connectivity index (χ2v) is 8.99. The van der Waals surface area contributed by atoms with Gasteiger partial charge in [0.2, 0.25) is 5.91 Å². The van der Waals surface area contributed by atoms with Gasteiger partial charge < -0.3 is 19.7 Å². The summed E-state index contributed by atoms with van der Waals surface area (Å²) in [5.74, 6) is 0.417. The van der Waals surface area contributed by atoms with Crippen molar-refractivity contribution in [2.24, 2.45) is 0 Å². The van der Waals surface area contributed by atoms with Crippen LogP contribution in [0.1, 0.15) is 33.6 Å². The molecule has 0 atom stereocenters. The number of hydrogen-bond donors (Lipinski definition) is 1. The van der Waals surface area contributed by atoms with Gasteiger partial charge in [-0.1, -0.05) is 12.1 Å². The number of carbonyl (C=O) groups is 2. The van der Waals surface area contributed by atoms with Crippen LogP contribution in [-0.2, 0) is 22.4 Å². The van der Waals surface area contributed by atoms with E-state index in [0.29, 0.717) is 17.1 Å². The Hall–Kier alpha value is -2.58. The molecule has 2 heterocycles. The quantitative estimate of drug-likeness (QED) is 0.692. The molecule has 1 aromatic heterocycles. The average Bonchev–Trinajstić information content (AvgIpc) is 3.16. The molecule has 0 saturated carbocycles. The Morgan fingerprint density at radius 2 is 1.81 bits per heavy atom. The zero-order valence-electron chi connectivity index (χ0n) is 18.1. The fourth-order valence-corrected chi connectivity index (χ4v) is 5.67. The van der Waals surface area contributed by atoms with Crippen molar-refractivity contribution in [2.45, 2.75) is 25.7 Å². The molecule has 1 amide bonds. The number of thiophene rings is 1. The first-order valence-corrected chi connectivity index (χ1v) is 11.6. The van der Waals surface area contributed by atoms with Crippen LogP contribution in [-0.4, -0.2) is 63.7 Å². The van der Waals surface area contributed by atoms with Gasteiger partial charge in [0.1, 0.15) is 10.8 Å².